The fourth-order valence-corrected chi connectivity index (χ4v) is 1.81. The fourth-order valence-electron chi connectivity index (χ4n) is 1.81. The van der Waals surface area contributed by atoms with Crippen LogP contribution in [0.25, 0.3) is 0 Å². The van der Waals surface area contributed by atoms with Crippen LogP contribution in [0.3, 0.4) is 0 Å². The van der Waals surface area contributed by atoms with Gasteiger partial charge in [-0.3, -0.25) is 14.5 Å². The van der Waals surface area contributed by atoms with Gasteiger partial charge in [0.1, 0.15) is 6.29 Å². The molecule has 2 amide bonds. The molecule has 1 rings (SSSR count). The minimum atomic E-state index is -0.741. The summed E-state index contributed by atoms with van der Waals surface area (Å²) in [4.78, 5) is 35.5. The highest BCUT2D eigenvalue weighted by Crippen LogP contribution is 2.34. The molecule has 1 atom stereocenters. The van der Waals surface area contributed by atoms with Crippen LogP contribution in [0, 0.1) is 11.3 Å². The molecule has 0 radical (unpaired) electrons. The summed E-state index contributed by atoms with van der Waals surface area (Å²) in [5, 5.41) is 0. The second-order valence-corrected chi connectivity index (χ2v) is 4.58. The Morgan fingerprint density at radius 3 is 2.53 bits per heavy atom. The molecular weight excluding hydrogens is 194 g/mol. The van der Waals surface area contributed by atoms with Crippen LogP contribution in [0.15, 0.2) is 0 Å². The Kier molecular flexibility index (Phi) is 3.27. The van der Waals surface area contributed by atoms with E-state index in [0.29, 0.717) is 6.54 Å². The first-order valence-electron chi connectivity index (χ1n) is 5.24. The molecule has 1 fully saturated rings. The Balaban J connectivity index is 2.86. The summed E-state index contributed by atoms with van der Waals surface area (Å²) in [6, 6.07) is 0. The SMILES string of the molecule is CCCN1C(=O)C[C@H](C(C)(C)C=O)C1=O. The van der Waals surface area contributed by atoms with Gasteiger partial charge >= 0.3 is 0 Å². The number of carbonyl (C=O) groups excluding carboxylic acids is 3. The zero-order valence-electron chi connectivity index (χ0n) is 9.45. The van der Waals surface area contributed by atoms with Crippen LogP contribution in [0.1, 0.15) is 33.6 Å². The lowest BCUT2D eigenvalue weighted by molar-refractivity contribution is -0.141. The van der Waals surface area contributed by atoms with Gasteiger partial charge in [0.2, 0.25) is 11.8 Å². The largest absolute Gasteiger partial charge is 0.303 e. The number of likely N-dealkylation sites (tertiary alicyclic amines) is 1. The molecular formula is C11H17NO3. The van der Waals surface area contributed by atoms with E-state index in [-0.39, 0.29) is 18.2 Å². The Morgan fingerprint density at radius 1 is 1.47 bits per heavy atom. The normalized spacial score (nSPS) is 22.3. The summed E-state index contributed by atoms with van der Waals surface area (Å²) in [6.07, 6.45) is 1.69. The maximum atomic E-state index is 11.9. The molecule has 0 aliphatic carbocycles. The number of rotatable bonds is 4. The van der Waals surface area contributed by atoms with E-state index < -0.39 is 11.3 Å². The minimum Gasteiger partial charge on any atom is -0.303 e. The third-order valence-corrected chi connectivity index (χ3v) is 2.89. The molecule has 4 nitrogen and oxygen atoms in total. The Hall–Kier alpha value is -1.19. The van der Waals surface area contributed by atoms with E-state index in [1.807, 2.05) is 6.92 Å². The zero-order valence-corrected chi connectivity index (χ0v) is 9.45. The smallest absolute Gasteiger partial charge is 0.233 e. The third kappa shape index (κ3) is 2.08. The average Bonchev–Trinajstić information content (AvgIpc) is 2.47. The molecule has 0 spiro atoms. The van der Waals surface area contributed by atoms with Gasteiger partial charge in [-0.05, 0) is 6.42 Å². The van der Waals surface area contributed by atoms with Crippen LogP contribution in [0.2, 0.25) is 0 Å². The number of amides is 2. The summed E-state index contributed by atoms with van der Waals surface area (Å²) in [5.74, 6) is -0.824. The average molecular weight is 211 g/mol. The molecule has 0 unspecified atom stereocenters. The van der Waals surface area contributed by atoms with Crippen molar-refractivity contribution in [1.29, 1.82) is 0 Å². The maximum absolute atomic E-state index is 11.9. The van der Waals surface area contributed by atoms with Gasteiger partial charge in [-0.25, -0.2) is 0 Å². The van der Waals surface area contributed by atoms with Crippen LogP contribution in [0.5, 0.6) is 0 Å². The molecule has 1 saturated heterocycles. The van der Waals surface area contributed by atoms with Gasteiger partial charge in [0.05, 0.1) is 5.92 Å². The standard InChI is InChI=1S/C11H17NO3/c1-4-5-12-9(14)6-8(10(12)15)11(2,3)7-13/h7-8H,4-6H2,1-3H3/t8-/m0/s1. The van der Waals surface area contributed by atoms with E-state index >= 15 is 0 Å². The fraction of sp³-hybridized carbons (Fsp3) is 0.727. The quantitative estimate of drug-likeness (QED) is 0.515. The Morgan fingerprint density at radius 2 is 2.07 bits per heavy atom. The van der Waals surface area contributed by atoms with E-state index in [1.54, 1.807) is 13.8 Å². The van der Waals surface area contributed by atoms with Crippen molar-refractivity contribution >= 4 is 18.1 Å². The number of nitrogens with zero attached hydrogens (tertiary/aromatic N) is 1. The van der Waals surface area contributed by atoms with Crippen molar-refractivity contribution in [3.63, 3.8) is 0 Å². The highest BCUT2D eigenvalue weighted by Gasteiger charge is 2.46. The van der Waals surface area contributed by atoms with Gasteiger partial charge in [0.15, 0.2) is 0 Å². The summed E-state index contributed by atoms with van der Waals surface area (Å²) in [7, 11) is 0. The molecule has 84 valence electrons. The van der Waals surface area contributed by atoms with Crippen LogP contribution < -0.4 is 0 Å². The molecule has 0 bridgehead atoms. The molecule has 1 aliphatic heterocycles. The Bertz CT molecular complexity index is 296. The third-order valence-electron chi connectivity index (χ3n) is 2.89. The van der Waals surface area contributed by atoms with Crippen LogP contribution >= 0.6 is 0 Å². The molecule has 0 N–H and O–H groups in total. The molecule has 1 heterocycles. The van der Waals surface area contributed by atoms with E-state index in [1.165, 1.54) is 4.90 Å². The van der Waals surface area contributed by atoms with Crippen LogP contribution in [-0.4, -0.2) is 29.5 Å². The minimum absolute atomic E-state index is 0.151. The molecule has 0 aromatic heterocycles. The summed E-state index contributed by atoms with van der Waals surface area (Å²) < 4.78 is 0. The molecule has 1 aliphatic rings. The number of aldehydes is 1. The van der Waals surface area contributed by atoms with E-state index in [2.05, 4.69) is 0 Å². The van der Waals surface area contributed by atoms with Crippen molar-refractivity contribution in [3.05, 3.63) is 0 Å². The lowest BCUT2D eigenvalue weighted by Crippen LogP contribution is -2.36. The summed E-state index contributed by atoms with van der Waals surface area (Å²) >= 11 is 0. The monoisotopic (exact) mass is 211 g/mol. The molecule has 0 aromatic carbocycles. The second kappa shape index (κ2) is 4.13. The summed E-state index contributed by atoms with van der Waals surface area (Å²) in [6.45, 7) is 5.78. The first-order chi connectivity index (χ1) is 6.94. The van der Waals surface area contributed by atoms with E-state index in [4.69, 9.17) is 0 Å². The number of hydrogen-bond donors (Lipinski definition) is 0. The lowest BCUT2D eigenvalue weighted by Gasteiger charge is -2.23. The summed E-state index contributed by atoms with van der Waals surface area (Å²) in [5.41, 5.74) is -0.741. The molecule has 4 heteroatoms. The molecule has 0 saturated carbocycles. The zero-order chi connectivity index (χ0) is 11.6. The predicted molar refractivity (Wildman–Crippen MR) is 55.0 cm³/mol. The number of imide groups is 1. The van der Waals surface area contributed by atoms with Crippen LogP contribution in [0.4, 0.5) is 0 Å². The first kappa shape index (κ1) is 11.9. The van der Waals surface area contributed by atoms with E-state index in [0.717, 1.165) is 12.7 Å². The van der Waals surface area contributed by atoms with Gasteiger partial charge in [0, 0.05) is 18.4 Å². The van der Waals surface area contributed by atoms with Gasteiger partial charge in [-0.2, -0.15) is 0 Å². The van der Waals surface area contributed by atoms with Crippen molar-refractivity contribution in [1.82, 2.24) is 4.90 Å². The number of carbonyl (C=O) groups is 3. The maximum Gasteiger partial charge on any atom is 0.233 e. The molecule has 0 aromatic rings. The highest BCUT2D eigenvalue weighted by atomic mass is 16.2. The lowest BCUT2D eigenvalue weighted by atomic mass is 9.79. The second-order valence-electron chi connectivity index (χ2n) is 4.58. The first-order valence-corrected chi connectivity index (χ1v) is 5.24. The van der Waals surface area contributed by atoms with Gasteiger partial charge < -0.3 is 4.79 Å². The molecule has 15 heavy (non-hydrogen) atoms. The van der Waals surface area contributed by atoms with E-state index in [9.17, 15) is 14.4 Å². The van der Waals surface area contributed by atoms with Crippen molar-refractivity contribution in [3.8, 4) is 0 Å². The van der Waals surface area contributed by atoms with Crippen molar-refractivity contribution < 1.29 is 14.4 Å². The number of hydrogen-bond acceptors (Lipinski definition) is 3. The Labute approximate surface area is 89.6 Å². The van der Waals surface area contributed by atoms with Crippen LogP contribution in [-0.2, 0) is 14.4 Å². The van der Waals surface area contributed by atoms with Crippen molar-refractivity contribution in [2.45, 2.75) is 33.6 Å². The highest BCUT2D eigenvalue weighted by molar-refractivity contribution is 6.04. The van der Waals surface area contributed by atoms with Crippen molar-refractivity contribution in [2.24, 2.45) is 11.3 Å². The topological polar surface area (TPSA) is 54.5 Å². The van der Waals surface area contributed by atoms with Crippen molar-refractivity contribution in [2.75, 3.05) is 6.54 Å². The van der Waals surface area contributed by atoms with Gasteiger partial charge in [0.25, 0.3) is 0 Å². The van der Waals surface area contributed by atoms with Gasteiger partial charge in [-0.1, -0.05) is 20.8 Å². The van der Waals surface area contributed by atoms with Gasteiger partial charge in [-0.15, -0.1) is 0 Å². The predicted octanol–water partition coefficient (Wildman–Crippen LogP) is 0.997.